The van der Waals surface area contributed by atoms with Crippen LogP contribution >= 0.6 is 0 Å². The molecule has 0 saturated heterocycles. The van der Waals surface area contributed by atoms with Crippen LogP contribution in [0.4, 0.5) is 10.3 Å². The first-order chi connectivity index (χ1) is 19.3. The quantitative estimate of drug-likeness (QED) is 0.323. The highest BCUT2D eigenvalue weighted by Gasteiger charge is 2.26. The van der Waals surface area contributed by atoms with Crippen LogP contribution in [-0.4, -0.2) is 58.6 Å². The Balaban J connectivity index is 1.19. The van der Waals surface area contributed by atoms with Crippen molar-refractivity contribution in [3.63, 3.8) is 0 Å². The van der Waals surface area contributed by atoms with Gasteiger partial charge < -0.3 is 15.7 Å². The van der Waals surface area contributed by atoms with E-state index in [-0.39, 0.29) is 5.82 Å². The molecule has 1 aliphatic heterocycles. The molecule has 0 unspecified atom stereocenters. The van der Waals surface area contributed by atoms with Crippen molar-refractivity contribution in [1.82, 2.24) is 34.3 Å². The zero-order valence-corrected chi connectivity index (χ0v) is 22.3. The van der Waals surface area contributed by atoms with Gasteiger partial charge in [0.2, 0.25) is 5.95 Å². The predicted molar refractivity (Wildman–Crippen MR) is 150 cm³/mol. The van der Waals surface area contributed by atoms with E-state index >= 15 is 0 Å². The van der Waals surface area contributed by atoms with E-state index in [2.05, 4.69) is 42.2 Å². The fourth-order valence-corrected chi connectivity index (χ4v) is 5.00. The van der Waals surface area contributed by atoms with Gasteiger partial charge in [-0.25, -0.2) is 23.9 Å². The van der Waals surface area contributed by atoms with Crippen molar-refractivity contribution >= 4 is 17.0 Å². The van der Waals surface area contributed by atoms with Gasteiger partial charge in [0.15, 0.2) is 0 Å². The van der Waals surface area contributed by atoms with E-state index in [9.17, 15) is 9.50 Å². The van der Waals surface area contributed by atoms with Gasteiger partial charge in [0.1, 0.15) is 12.1 Å². The maximum absolute atomic E-state index is 13.4. The van der Waals surface area contributed by atoms with E-state index in [1.54, 1.807) is 48.7 Å². The highest BCUT2D eigenvalue weighted by Crippen LogP contribution is 2.30. The summed E-state index contributed by atoms with van der Waals surface area (Å²) >= 11 is 0. The predicted octanol–water partition coefficient (Wildman–Crippen LogP) is 3.42. The summed E-state index contributed by atoms with van der Waals surface area (Å²) in [5.41, 5.74) is 12.2. The van der Waals surface area contributed by atoms with E-state index in [4.69, 9.17) is 5.73 Å². The lowest BCUT2D eigenvalue weighted by molar-refractivity contribution is 0.168. The molecule has 5 aromatic rings. The van der Waals surface area contributed by atoms with Gasteiger partial charge in [-0.2, -0.15) is 10.2 Å². The third kappa shape index (κ3) is 4.96. The molecule has 0 aliphatic carbocycles. The molecule has 0 radical (unpaired) electrons. The molecule has 0 fully saturated rings. The SMILES string of the molecule is C[C@@H](O)Cn1cc(-c2cc3c(C4=CCN(c5ncc([C@@](C)(N)c6ccc(F)cc6)cn5)CC4)ncnn3c2)cn1. The van der Waals surface area contributed by atoms with Gasteiger partial charge in [-0.1, -0.05) is 18.2 Å². The van der Waals surface area contributed by atoms with Gasteiger partial charge >= 0.3 is 0 Å². The number of nitrogens with zero attached hydrogens (tertiary/aromatic N) is 8. The number of aromatic nitrogens is 7. The van der Waals surface area contributed by atoms with E-state index in [0.29, 0.717) is 19.0 Å². The van der Waals surface area contributed by atoms with Crippen LogP contribution in [0.5, 0.6) is 0 Å². The second-order valence-electron chi connectivity index (χ2n) is 10.4. The molecular formula is C29H30FN9O. The molecule has 11 heteroatoms. The van der Waals surface area contributed by atoms with Crippen molar-refractivity contribution in [2.45, 2.75) is 38.5 Å². The Hall–Kier alpha value is -4.48. The summed E-state index contributed by atoms with van der Waals surface area (Å²) in [6, 6.07) is 8.24. The largest absolute Gasteiger partial charge is 0.391 e. The number of rotatable bonds is 7. The van der Waals surface area contributed by atoms with E-state index in [0.717, 1.165) is 52.0 Å². The molecule has 204 valence electrons. The second kappa shape index (κ2) is 10.2. The van der Waals surface area contributed by atoms with Gasteiger partial charge in [-0.05, 0) is 49.6 Å². The summed E-state index contributed by atoms with van der Waals surface area (Å²) in [5, 5.41) is 18.4. The monoisotopic (exact) mass is 539 g/mol. The maximum atomic E-state index is 13.4. The average molecular weight is 540 g/mol. The summed E-state index contributed by atoms with van der Waals surface area (Å²) in [6.07, 6.45) is 13.2. The highest BCUT2D eigenvalue weighted by atomic mass is 19.1. The molecule has 0 bridgehead atoms. The molecule has 10 nitrogen and oxygen atoms in total. The standard InChI is InChI=1S/C29H30FN9O/c1-19(40)15-38-16-22(12-35-38)21-11-26-27(34-18-36-39(26)17-21)20-7-9-37(10-8-20)28-32-13-24(14-33-28)29(2,31)23-3-5-25(30)6-4-23/h3-7,11-14,16-19,40H,8-10,15,31H2,1-2H3/t19-,29+/m1/s1. The van der Waals surface area contributed by atoms with Gasteiger partial charge in [-0.3, -0.25) is 4.68 Å². The molecule has 0 saturated carbocycles. The van der Waals surface area contributed by atoms with Crippen molar-refractivity contribution < 1.29 is 9.50 Å². The highest BCUT2D eigenvalue weighted by molar-refractivity contribution is 5.80. The van der Waals surface area contributed by atoms with Crippen molar-refractivity contribution in [3.05, 3.63) is 96.4 Å². The lowest BCUT2D eigenvalue weighted by atomic mass is 9.87. The minimum atomic E-state index is -0.842. The molecule has 2 atom stereocenters. The third-order valence-electron chi connectivity index (χ3n) is 7.30. The number of aliphatic hydroxyl groups is 1. The molecule has 5 heterocycles. The van der Waals surface area contributed by atoms with Crippen molar-refractivity contribution in [1.29, 1.82) is 0 Å². The number of halogens is 1. The van der Waals surface area contributed by atoms with Crippen LogP contribution in [-0.2, 0) is 12.1 Å². The van der Waals surface area contributed by atoms with Crippen LogP contribution in [0.3, 0.4) is 0 Å². The number of anilines is 1. The summed E-state index contributed by atoms with van der Waals surface area (Å²) in [7, 11) is 0. The minimum absolute atomic E-state index is 0.301. The smallest absolute Gasteiger partial charge is 0.225 e. The van der Waals surface area contributed by atoms with Crippen LogP contribution in [0.25, 0.3) is 22.2 Å². The van der Waals surface area contributed by atoms with E-state index in [1.807, 2.05) is 23.8 Å². The zero-order chi connectivity index (χ0) is 27.9. The van der Waals surface area contributed by atoms with Gasteiger partial charge in [-0.15, -0.1) is 0 Å². The van der Waals surface area contributed by atoms with E-state index < -0.39 is 11.6 Å². The Bertz CT molecular complexity index is 1670. The second-order valence-corrected chi connectivity index (χ2v) is 10.4. The van der Waals surface area contributed by atoms with E-state index in [1.165, 1.54) is 12.1 Å². The number of hydrogen-bond acceptors (Lipinski definition) is 8. The normalized spacial score (nSPS) is 16.1. The maximum Gasteiger partial charge on any atom is 0.225 e. The number of hydrogen-bond donors (Lipinski definition) is 2. The number of benzene rings is 1. The Labute approximate surface area is 230 Å². The Morgan fingerprint density at radius 1 is 1.02 bits per heavy atom. The fraction of sp³-hybridized carbons (Fsp3) is 0.276. The molecule has 1 aliphatic rings. The van der Waals surface area contributed by atoms with Crippen molar-refractivity contribution in [2.75, 3.05) is 18.0 Å². The van der Waals surface area contributed by atoms with Crippen LogP contribution in [0.1, 0.15) is 37.1 Å². The zero-order valence-electron chi connectivity index (χ0n) is 22.3. The van der Waals surface area contributed by atoms with Crippen molar-refractivity contribution in [3.8, 4) is 11.1 Å². The molecule has 3 N–H and O–H groups in total. The van der Waals surface area contributed by atoms with Gasteiger partial charge in [0.05, 0.1) is 35.6 Å². The Morgan fingerprint density at radius 2 is 1.80 bits per heavy atom. The lowest BCUT2D eigenvalue weighted by Crippen LogP contribution is -2.35. The number of fused-ring (bicyclic) bond motifs is 1. The first kappa shape index (κ1) is 25.8. The molecule has 4 aromatic heterocycles. The summed E-state index contributed by atoms with van der Waals surface area (Å²) in [4.78, 5) is 15.9. The average Bonchev–Trinajstić information content (AvgIpc) is 3.60. The topological polar surface area (TPSA) is 123 Å². The van der Waals surface area contributed by atoms with Gasteiger partial charge in [0.25, 0.3) is 0 Å². The Kier molecular flexibility index (Phi) is 6.60. The van der Waals surface area contributed by atoms with Crippen LogP contribution < -0.4 is 10.6 Å². The number of aliphatic hydroxyl groups excluding tert-OH is 1. The van der Waals surface area contributed by atoms with Crippen LogP contribution in [0.15, 0.2) is 73.7 Å². The summed E-state index contributed by atoms with van der Waals surface area (Å²) < 4.78 is 16.9. The lowest BCUT2D eigenvalue weighted by Gasteiger charge is -2.28. The fourth-order valence-electron chi connectivity index (χ4n) is 5.00. The first-order valence-corrected chi connectivity index (χ1v) is 13.1. The number of nitrogens with two attached hydrogens (primary N) is 1. The molecule has 1 aromatic carbocycles. The molecule has 6 rings (SSSR count). The molecular weight excluding hydrogens is 509 g/mol. The van der Waals surface area contributed by atoms with Crippen molar-refractivity contribution in [2.24, 2.45) is 5.73 Å². The summed E-state index contributed by atoms with van der Waals surface area (Å²) in [6.45, 7) is 5.42. The molecule has 0 spiro atoms. The van der Waals surface area contributed by atoms with Crippen LogP contribution in [0, 0.1) is 5.82 Å². The molecule has 40 heavy (non-hydrogen) atoms. The third-order valence-corrected chi connectivity index (χ3v) is 7.30. The first-order valence-electron chi connectivity index (χ1n) is 13.1. The van der Waals surface area contributed by atoms with Gasteiger partial charge in [0, 0.05) is 54.6 Å². The minimum Gasteiger partial charge on any atom is -0.391 e. The molecule has 0 amide bonds. The Morgan fingerprint density at radius 3 is 2.50 bits per heavy atom. The summed E-state index contributed by atoms with van der Waals surface area (Å²) in [5.74, 6) is 0.325. The van der Waals surface area contributed by atoms with Crippen LogP contribution in [0.2, 0.25) is 0 Å².